The van der Waals surface area contributed by atoms with E-state index < -0.39 is 0 Å². The van der Waals surface area contributed by atoms with Gasteiger partial charge < -0.3 is 14.6 Å². The Bertz CT molecular complexity index is 588. The first-order chi connectivity index (χ1) is 10.4. The van der Waals surface area contributed by atoms with Crippen molar-refractivity contribution < 1.29 is 9.26 Å². The lowest BCUT2D eigenvalue weighted by Crippen LogP contribution is -2.45. The van der Waals surface area contributed by atoms with Crippen LogP contribution in [0.1, 0.15) is 43.5 Å². The zero-order valence-corrected chi connectivity index (χ0v) is 13.1. The molecule has 2 aromatic heterocycles. The van der Waals surface area contributed by atoms with Gasteiger partial charge in [0.05, 0.1) is 0 Å². The lowest BCUT2D eigenvalue weighted by Gasteiger charge is -2.34. The van der Waals surface area contributed by atoms with Crippen LogP contribution in [0.25, 0.3) is 0 Å². The molecule has 7 nitrogen and oxygen atoms in total. The summed E-state index contributed by atoms with van der Waals surface area (Å²) in [5, 5.41) is 12.0. The number of piperidine rings is 1. The van der Waals surface area contributed by atoms with E-state index in [1.807, 2.05) is 16.9 Å². The van der Waals surface area contributed by atoms with Crippen LogP contribution in [0, 0.1) is 0 Å². The van der Waals surface area contributed by atoms with Crippen LogP contribution >= 0.6 is 12.4 Å². The fourth-order valence-corrected chi connectivity index (χ4v) is 3.24. The number of ether oxygens (including phenoxy) is 1. The zero-order valence-electron chi connectivity index (χ0n) is 12.3. The molecule has 2 aromatic rings. The minimum absolute atomic E-state index is 0. The van der Waals surface area contributed by atoms with Gasteiger partial charge >= 0.3 is 0 Å². The first kappa shape index (κ1) is 15.5. The Morgan fingerprint density at radius 3 is 2.86 bits per heavy atom. The van der Waals surface area contributed by atoms with E-state index in [2.05, 4.69) is 20.6 Å². The molecule has 2 fully saturated rings. The van der Waals surface area contributed by atoms with Gasteiger partial charge in [-0.25, -0.2) is 0 Å². The fourth-order valence-electron chi connectivity index (χ4n) is 3.24. The van der Waals surface area contributed by atoms with E-state index in [4.69, 9.17) is 9.26 Å². The van der Waals surface area contributed by atoms with Crippen molar-refractivity contribution >= 4 is 12.4 Å². The number of hydrogen-bond donors (Lipinski definition) is 1. The largest absolute Gasteiger partial charge is 0.370 e. The van der Waals surface area contributed by atoms with Crippen LogP contribution in [0.2, 0.25) is 0 Å². The second kappa shape index (κ2) is 6.36. The predicted molar refractivity (Wildman–Crippen MR) is 80.9 cm³/mol. The summed E-state index contributed by atoms with van der Waals surface area (Å²) in [6.07, 6.45) is 7.56. The van der Waals surface area contributed by atoms with Gasteiger partial charge in [-0.2, -0.15) is 10.1 Å². The average Bonchev–Trinajstić information content (AvgIpc) is 3.27. The van der Waals surface area contributed by atoms with Crippen molar-refractivity contribution in [2.45, 2.75) is 37.3 Å². The molecule has 1 N–H and O–H groups in total. The Balaban J connectivity index is 0.00000144. The molecule has 0 bridgehead atoms. The first-order valence-electron chi connectivity index (χ1n) is 7.55. The normalized spacial score (nSPS) is 24.1. The molecule has 0 aliphatic carbocycles. The monoisotopic (exact) mass is 325 g/mol. The minimum Gasteiger partial charge on any atom is -0.370 e. The number of rotatable bonds is 3. The summed E-state index contributed by atoms with van der Waals surface area (Å²) >= 11 is 0. The zero-order chi connectivity index (χ0) is 14.1. The van der Waals surface area contributed by atoms with Gasteiger partial charge in [-0.3, -0.25) is 4.68 Å². The Labute approximate surface area is 134 Å². The maximum absolute atomic E-state index is 5.64. The topological polar surface area (TPSA) is 78.0 Å². The van der Waals surface area contributed by atoms with Crippen LogP contribution in [-0.2, 0) is 10.3 Å². The van der Waals surface area contributed by atoms with Crippen molar-refractivity contribution in [2.24, 2.45) is 0 Å². The van der Waals surface area contributed by atoms with Gasteiger partial charge in [0, 0.05) is 19.0 Å². The van der Waals surface area contributed by atoms with E-state index in [9.17, 15) is 0 Å². The van der Waals surface area contributed by atoms with Crippen molar-refractivity contribution in [3.63, 3.8) is 0 Å². The lowest BCUT2D eigenvalue weighted by atomic mass is 9.88. The Morgan fingerprint density at radius 2 is 2.18 bits per heavy atom. The van der Waals surface area contributed by atoms with Crippen LogP contribution in [-0.4, -0.2) is 39.6 Å². The van der Waals surface area contributed by atoms with Crippen LogP contribution in [0.3, 0.4) is 0 Å². The van der Waals surface area contributed by atoms with Crippen molar-refractivity contribution in [3.8, 4) is 0 Å². The highest BCUT2D eigenvalue weighted by molar-refractivity contribution is 5.85. The third kappa shape index (κ3) is 2.53. The molecule has 4 rings (SSSR count). The Hall–Kier alpha value is -1.44. The third-order valence-electron chi connectivity index (χ3n) is 4.43. The second-order valence-corrected chi connectivity index (χ2v) is 5.69. The molecule has 2 saturated heterocycles. The summed E-state index contributed by atoms with van der Waals surface area (Å²) < 4.78 is 13.2. The number of hydrogen-bond acceptors (Lipinski definition) is 6. The molecular formula is C14H20ClN5O2. The van der Waals surface area contributed by atoms with Crippen LogP contribution in [0.15, 0.2) is 23.0 Å². The molecule has 1 atom stereocenters. The van der Waals surface area contributed by atoms with Gasteiger partial charge in [0.25, 0.3) is 5.89 Å². The molecule has 0 saturated carbocycles. The summed E-state index contributed by atoms with van der Waals surface area (Å²) in [5.74, 6) is 1.32. The van der Waals surface area contributed by atoms with Gasteiger partial charge in [0.15, 0.2) is 0 Å². The van der Waals surface area contributed by atoms with Crippen LogP contribution < -0.4 is 5.32 Å². The fraction of sp³-hybridized carbons (Fsp3) is 0.643. The van der Waals surface area contributed by atoms with Gasteiger partial charge in [0.2, 0.25) is 5.82 Å². The highest BCUT2D eigenvalue weighted by Crippen LogP contribution is 2.35. The summed E-state index contributed by atoms with van der Waals surface area (Å²) in [5.41, 5.74) is -0.335. The van der Waals surface area contributed by atoms with Crippen molar-refractivity contribution in [3.05, 3.63) is 30.2 Å². The molecule has 2 aliphatic heterocycles. The third-order valence-corrected chi connectivity index (χ3v) is 4.43. The quantitative estimate of drug-likeness (QED) is 0.925. The van der Waals surface area contributed by atoms with E-state index in [1.165, 1.54) is 0 Å². The molecule has 1 unspecified atom stereocenters. The summed E-state index contributed by atoms with van der Waals surface area (Å²) in [4.78, 5) is 4.65. The van der Waals surface area contributed by atoms with Gasteiger partial charge in [-0.1, -0.05) is 5.16 Å². The molecule has 120 valence electrons. The predicted octanol–water partition coefficient (Wildman–Crippen LogP) is 1.67. The van der Waals surface area contributed by atoms with Crippen molar-refractivity contribution in [1.29, 1.82) is 0 Å². The second-order valence-electron chi connectivity index (χ2n) is 5.69. The van der Waals surface area contributed by atoms with E-state index in [0.717, 1.165) is 45.4 Å². The SMILES string of the molecule is Cl.c1cnn(C2(c3nc(C4CCCO4)no3)CCNCC2)c1. The molecule has 0 radical (unpaired) electrons. The Morgan fingerprint density at radius 1 is 1.32 bits per heavy atom. The van der Waals surface area contributed by atoms with Crippen molar-refractivity contribution in [2.75, 3.05) is 19.7 Å². The van der Waals surface area contributed by atoms with E-state index >= 15 is 0 Å². The molecule has 4 heterocycles. The molecule has 0 aromatic carbocycles. The van der Waals surface area contributed by atoms with Gasteiger partial charge in [0.1, 0.15) is 11.6 Å². The molecule has 0 spiro atoms. The minimum atomic E-state index is -0.335. The van der Waals surface area contributed by atoms with Crippen LogP contribution in [0.5, 0.6) is 0 Å². The number of nitrogens with zero attached hydrogens (tertiary/aromatic N) is 4. The highest BCUT2D eigenvalue weighted by Gasteiger charge is 2.42. The first-order valence-corrected chi connectivity index (χ1v) is 7.55. The van der Waals surface area contributed by atoms with Crippen LogP contribution in [0.4, 0.5) is 0 Å². The van der Waals surface area contributed by atoms with Crippen molar-refractivity contribution in [1.82, 2.24) is 25.2 Å². The summed E-state index contributed by atoms with van der Waals surface area (Å²) in [7, 11) is 0. The maximum Gasteiger partial charge on any atom is 0.254 e. The summed E-state index contributed by atoms with van der Waals surface area (Å²) in [6, 6.07) is 1.93. The number of nitrogens with one attached hydrogen (secondary N) is 1. The van der Waals surface area contributed by atoms with E-state index in [1.54, 1.807) is 6.20 Å². The maximum atomic E-state index is 5.64. The Kier molecular flexibility index (Phi) is 4.46. The van der Waals surface area contributed by atoms with E-state index in [-0.39, 0.29) is 24.0 Å². The standard InChI is InChI=1S/C14H19N5O2.ClH/c1-3-11(20-10-1)12-17-13(21-18-12)14(4-7-15-8-5-14)19-9-2-6-16-19;/h2,6,9,11,15H,1,3-5,7-8,10H2;1H. The molecule has 0 amide bonds. The molecular weight excluding hydrogens is 306 g/mol. The average molecular weight is 326 g/mol. The van der Waals surface area contributed by atoms with E-state index in [0.29, 0.717) is 11.7 Å². The highest BCUT2D eigenvalue weighted by atomic mass is 35.5. The molecule has 22 heavy (non-hydrogen) atoms. The number of aromatic nitrogens is 4. The lowest BCUT2D eigenvalue weighted by molar-refractivity contribution is 0.102. The van der Waals surface area contributed by atoms with Gasteiger partial charge in [-0.15, -0.1) is 12.4 Å². The number of halogens is 1. The molecule has 8 heteroatoms. The molecule has 2 aliphatic rings. The summed E-state index contributed by atoms with van der Waals surface area (Å²) in [6.45, 7) is 2.61. The van der Waals surface area contributed by atoms with Gasteiger partial charge in [-0.05, 0) is 44.8 Å². The smallest absolute Gasteiger partial charge is 0.254 e.